The van der Waals surface area contributed by atoms with E-state index in [2.05, 4.69) is 59.0 Å². The maximum atomic E-state index is 3.94. The maximum absolute atomic E-state index is 3.94. The SMILES string of the molecule is C=N/N=C(/C)CCNc1cc(SNC2(C)CC2)ccc1C.CC. The van der Waals surface area contributed by atoms with Crippen LogP contribution in [-0.4, -0.2) is 24.5 Å². The summed E-state index contributed by atoms with van der Waals surface area (Å²) in [5.74, 6) is 0. The van der Waals surface area contributed by atoms with Crippen LogP contribution in [0.5, 0.6) is 0 Å². The Kier molecular flexibility index (Phi) is 8.34. The van der Waals surface area contributed by atoms with E-state index < -0.39 is 0 Å². The van der Waals surface area contributed by atoms with E-state index in [1.807, 2.05) is 20.8 Å². The summed E-state index contributed by atoms with van der Waals surface area (Å²) >= 11 is 1.72. The average Bonchev–Trinajstić information content (AvgIpc) is 3.28. The Hall–Kier alpha value is -1.33. The third-order valence-electron chi connectivity index (χ3n) is 3.67. The molecule has 0 spiro atoms. The van der Waals surface area contributed by atoms with E-state index in [0.717, 1.165) is 18.7 Å². The van der Waals surface area contributed by atoms with Crippen LogP contribution in [0.4, 0.5) is 5.69 Å². The van der Waals surface area contributed by atoms with E-state index in [9.17, 15) is 0 Å². The number of benzene rings is 1. The lowest BCUT2D eigenvalue weighted by Gasteiger charge is -2.13. The van der Waals surface area contributed by atoms with E-state index in [4.69, 9.17) is 0 Å². The lowest BCUT2D eigenvalue weighted by atomic mass is 10.2. The molecule has 1 aliphatic carbocycles. The van der Waals surface area contributed by atoms with Gasteiger partial charge in [0.05, 0.1) is 0 Å². The van der Waals surface area contributed by atoms with E-state index in [1.165, 1.54) is 29.0 Å². The summed E-state index contributed by atoms with van der Waals surface area (Å²) in [6, 6.07) is 6.53. The molecule has 0 aliphatic heterocycles. The highest BCUT2D eigenvalue weighted by Crippen LogP contribution is 2.37. The molecule has 128 valence electrons. The van der Waals surface area contributed by atoms with Crippen LogP contribution >= 0.6 is 11.9 Å². The van der Waals surface area contributed by atoms with Gasteiger partial charge in [0.1, 0.15) is 0 Å². The fourth-order valence-electron chi connectivity index (χ4n) is 1.88. The zero-order valence-electron chi connectivity index (χ0n) is 15.1. The molecule has 1 aromatic carbocycles. The topological polar surface area (TPSA) is 48.8 Å². The van der Waals surface area contributed by atoms with Crippen molar-refractivity contribution in [3.63, 3.8) is 0 Å². The summed E-state index contributed by atoms with van der Waals surface area (Å²) in [6.07, 6.45) is 3.41. The Morgan fingerprint density at radius 3 is 2.65 bits per heavy atom. The average molecular weight is 335 g/mol. The van der Waals surface area contributed by atoms with Gasteiger partial charge in [0.25, 0.3) is 0 Å². The van der Waals surface area contributed by atoms with Crippen molar-refractivity contribution >= 4 is 30.1 Å². The van der Waals surface area contributed by atoms with Crippen LogP contribution in [0.25, 0.3) is 0 Å². The number of anilines is 1. The van der Waals surface area contributed by atoms with Crippen molar-refractivity contribution in [3.8, 4) is 0 Å². The van der Waals surface area contributed by atoms with Crippen LogP contribution in [0.2, 0.25) is 0 Å². The molecule has 4 nitrogen and oxygen atoms in total. The van der Waals surface area contributed by atoms with E-state index >= 15 is 0 Å². The van der Waals surface area contributed by atoms with Crippen LogP contribution in [0.1, 0.15) is 52.5 Å². The molecule has 1 aliphatic rings. The number of nitrogens with one attached hydrogen (secondary N) is 2. The third kappa shape index (κ3) is 7.18. The molecule has 2 rings (SSSR count). The smallest absolute Gasteiger partial charge is 0.0392 e. The molecule has 0 saturated heterocycles. The van der Waals surface area contributed by atoms with E-state index in [-0.39, 0.29) is 0 Å². The highest BCUT2D eigenvalue weighted by atomic mass is 32.2. The second-order valence-electron chi connectivity index (χ2n) is 5.89. The first-order valence-electron chi connectivity index (χ1n) is 8.30. The summed E-state index contributed by atoms with van der Waals surface area (Å²) in [6.45, 7) is 14.6. The quantitative estimate of drug-likeness (QED) is 0.397. The Morgan fingerprint density at radius 1 is 1.35 bits per heavy atom. The van der Waals surface area contributed by atoms with Crippen molar-refractivity contribution in [1.82, 2.24) is 4.72 Å². The zero-order valence-corrected chi connectivity index (χ0v) is 15.9. The number of hydrogen-bond donors (Lipinski definition) is 2. The van der Waals surface area contributed by atoms with Crippen LogP contribution < -0.4 is 10.0 Å². The van der Waals surface area contributed by atoms with Crippen molar-refractivity contribution < 1.29 is 0 Å². The van der Waals surface area contributed by atoms with Gasteiger partial charge in [-0.25, -0.2) is 0 Å². The lowest BCUT2D eigenvalue weighted by Crippen LogP contribution is -2.19. The summed E-state index contributed by atoms with van der Waals surface area (Å²) < 4.78 is 3.54. The van der Waals surface area contributed by atoms with Crippen molar-refractivity contribution in [2.24, 2.45) is 10.2 Å². The van der Waals surface area contributed by atoms with Gasteiger partial charge in [-0.3, -0.25) is 4.72 Å². The molecule has 5 heteroatoms. The Morgan fingerprint density at radius 2 is 2.04 bits per heavy atom. The minimum atomic E-state index is 0.342. The molecule has 23 heavy (non-hydrogen) atoms. The molecule has 0 radical (unpaired) electrons. The molecule has 0 heterocycles. The molecule has 0 unspecified atom stereocenters. The van der Waals surface area contributed by atoms with Gasteiger partial charge in [0, 0.05) is 41.5 Å². The summed E-state index contributed by atoms with van der Waals surface area (Å²) in [4.78, 5) is 1.24. The second-order valence-corrected chi connectivity index (χ2v) is 6.77. The fourth-order valence-corrected chi connectivity index (χ4v) is 2.76. The predicted octanol–water partition coefficient (Wildman–Crippen LogP) is 5.05. The van der Waals surface area contributed by atoms with Gasteiger partial charge in [-0.2, -0.15) is 10.2 Å². The van der Waals surface area contributed by atoms with Gasteiger partial charge in [-0.1, -0.05) is 19.9 Å². The largest absolute Gasteiger partial charge is 0.384 e. The minimum Gasteiger partial charge on any atom is -0.384 e. The molecule has 0 bridgehead atoms. The van der Waals surface area contributed by atoms with Crippen molar-refractivity contribution in [3.05, 3.63) is 23.8 Å². The van der Waals surface area contributed by atoms with Gasteiger partial charge >= 0.3 is 0 Å². The van der Waals surface area contributed by atoms with Crippen LogP contribution in [0.3, 0.4) is 0 Å². The summed E-state index contributed by atoms with van der Waals surface area (Å²) in [7, 11) is 0. The number of nitrogens with zero attached hydrogens (tertiary/aromatic N) is 2. The van der Waals surface area contributed by atoms with Crippen molar-refractivity contribution in [2.75, 3.05) is 11.9 Å². The molecule has 1 saturated carbocycles. The summed E-state index contributed by atoms with van der Waals surface area (Å²) in [5.41, 5.74) is 3.77. The first kappa shape index (κ1) is 19.7. The Balaban J connectivity index is 0.00000127. The second kappa shape index (κ2) is 9.73. The lowest BCUT2D eigenvalue weighted by molar-refractivity contribution is 0.701. The fraction of sp³-hybridized carbons (Fsp3) is 0.556. The molecule has 2 N–H and O–H groups in total. The maximum Gasteiger partial charge on any atom is 0.0392 e. The first-order chi connectivity index (χ1) is 11.0. The predicted molar refractivity (Wildman–Crippen MR) is 105 cm³/mol. The highest BCUT2D eigenvalue weighted by molar-refractivity contribution is 7.97. The third-order valence-corrected chi connectivity index (χ3v) is 4.75. The number of rotatable bonds is 8. The molecular formula is C18H30N4S. The van der Waals surface area contributed by atoms with Crippen molar-refractivity contribution in [1.29, 1.82) is 0 Å². The zero-order chi connectivity index (χ0) is 17.3. The number of hydrogen-bond acceptors (Lipinski definition) is 5. The van der Waals surface area contributed by atoms with Crippen LogP contribution in [-0.2, 0) is 0 Å². The standard InChI is InChI=1S/C16H24N4S.C2H6/c1-12-5-6-14(21-20-16(3)8-9-16)11-15(12)18-10-7-13(2)19-17-4;1-2/h5-6,11,18,20H,4,7-10H2,1-3H3;1-2H3/b19-13-;. The highest BCUT2D eigenvalue weighted by Gasteiger charge is 2.36. The van der Waals surface area contributed by atoms with Crippen LogP contribution in [0.15, 0.2) is 33.3 Å². The molecule has 1 fully saturated rings. The Labute approximate surface area is 145 Å². The molecule has 0 amide bonds. The van der Waals surface area contributed by atoms with Crippen LogP contribution in [0, 0.1) is 6.92 Å². The monoisotopic (exact) mass is 334 g/mol. The van der Waals surface area contributed by atoms with Gasteiger partial charge in [-0.05, 0) is 63.3 Å². The molecule has 0 aromatic heterocycles. The Bertz CT molecular complexity index is 536. The molecule has 1 aromatic rings. The van der Waals surface area contributed by atoms with Gasteiger partial charge in [0.2, 0.25) is 0 Å². The normalized spacial score (nSPS) is 15.4. The number of aryl methyl sites for hydroxylation is 1. The minimum absolute atomic E-state index is 0.342. The van der Waals surface area contributed by atoms with E-state index in [0.29, 0.717) is 5.54 Å². The van der Waals surface area contributed by atoms with Gasteiger partial charge < -0.3 is 5.32 Å². The first-order valence-corrected chi connectivity index (χ1v) is 9.12. The van der Waals surface area contributed by atoms with Gasteiger partial charge in [0.15, 0.2) is 0 Å². The molecular weight excluding hydrogens is 304 g/mol. The van der Waals surface area contributed by atoms with Crippen molar-refractivity contribution in [2.45, 2.75) is 64.3 Å². The molecule has 0 atom stereocenters. The van der Waals surface area contributed by atoms with E-state index in [1.54, 1.807) is 11.9 Å². The van der Waals surface area contributed by atoms with Gasteiger partial charge in [-0.15, -0.1) is 0 Å². The summed E-state index contributed by atoms with van der Waals surface area (Å²) in [5, 5.41) is 11.0.